The van der Waals surface area contributed by atoms with E-state index in [9.17, 15) is 9.18 Å². The van der Waals surface area contributed by atoms with Gasteiger partial charge in [0.2, 0.25) is 5.89 Å². The van der Waals surface area contributed by atoms with Gasteiger partial charge in [-0.25, -0.2) is 13.8 Å². The zero-order valence-electron chi connectivity index (χ0n) is 17.8. The molecule has 4 heterocycles. The van der Waals surface area contributed by atoms with Gasteiger partial charge in [-0.2, -0.15) is 9.97 Å². The third-order valence-electron chi connectivity index (χ3n) is 6.15. The molecule has 33 heavy (non-hydrogen) atoms. The molecule has 0 spiro atoms. The highest BCUT2D eigenvalue weighted by Crippen LogP contribution is 2.39. The number of aromatic nitrogens is 4. The summed E-state index contributed by atoms with van der Waals surface area (Å²) in [5.74, 6) is 0.445. The van der Waals surface area contributed by atoms with Crippen LogP contribution >= 0.6 is 11.6 Å². The maximum atomic E-state index is 14.3. The molecule has 0 atom stereocenters. The van der Waals surface area contributed by atoms with E-state index in [0.29, 0.717) is 17.2 Å². The van der Waals surface area contributed by atoms with E-state index >= 15 is 0 Å². The molecule has 1 aliphatic carbocycles. The summed E-state index contributed by atoms with van der Waals surface area (Å²) in [4.78, 5) is 28.4. The van der Waals surface area contributed by atoms with Gasteiger partial charge in [0, 0.05) is 43.2 Å². The Bertz CT molecular complexity index is 1460. The van der Waals surface area contributed by atoms with Crippen LogP contribution in [0.2, 0.25) is 5.02 Å². The van der Waals surface area contributed by atoms with Gasteiger partial charge in [-0.05, 0) is 55.2 Å². The van der Waals surface area contributed by atoms with Gasteiger partial charge in [0.05, 0.1) is 10.7 Å². The van der Waals surface area contributed by atoms with E-state index in [4.69, 9.17) is 16.0 Å². The van der Waals surface area contributed by atoms with Crippen LogP contribution in [-0.4, -0.2) is 33.1 Å². The number of benzene rings is 1. The fourth-order valence-electron chi connectivity index (χ4n) is 4.14. The fourth-order valence-corrected chi connectivity index (χ4v) is 4.26. The number of rotatable bonds is 4. The smallest absolute Gasteiger partial charge is 0.353 e. The Kier molecular flexibility index (Phi) is 4.58. The average Bonchev–Trinajstić information content (AvgIpc) is 3.47. The first-order chi connectivity index (χ1) is 16.0. The molecule has 1 saturated carbocycles. The molecule has 4 aromatic rings. The number of pyridine rings is 1. The lowest BCUT2D eigenvalue weighted by Gasteiger charge is -2.11. The van der Waals surface area contributed by atoms with Gasteiger partial charge >= 0.3 is 5.69 Å². The molecule has 1 aliphatic heterocycles. The lowest BCUT2D eigenvalue weighted by Crippen LogP contribution is -2.22. The van der Waals surface area contributed by atoms with Gasteiger partial charge < -0.3 is 9.32 Å². The second kappa shape index (κ2) is 7.52. The van der Waals surface area contributed by atoms with Gasteiger partial charge in [0.15, 0.2) is 11.6 Å². The molecule has 0 N–H and O–H groups in total. The third kappa shape index (κ3) is 3.51. The summed E-state index contributed by atoms with van der Waals surface area (Å²) >= 11 is 5.87. The van der Waals surface area contributed by atoms with Crippen LogP contribution in [0.3, 0.4) is 0 Å². The normalized spacial score (nSPS) is 15.2. The van der Waals surface area contributed by atoms with Gasteiger partial charge in [-0.15, -0.1) is 0 Å². The lowest BCUT2D eigenvalue weighted by atomic mass is 10.1. The maximum absolute atomic E-state index is 14.3. The average molecular weight is 464 g/mol. The Morgan fingerprint density at radius 1 is 1.18 bits per heavy atom. The number of hydrogen-bond donors (Lipinski definition) is 0. The van der Waals surface area contributed by atoms with Crippen LogP contribution in [0.4, 0.5) is 10.1 Å². The minimum atomic E-state index is -0.593. The Morgan fingerprint density at radius 2 is 2.03 bits per heavy atom. The minimum absolute atomic E-state index is 0.00372. The van der Waals surface area contributed by atoms with Crippen molar-refractivity contribution in [3.63, 3.8) is 0 Å². The second-order valence-electron chi connectivity index (χ2n) is 8.45. The van der Waals surface area contributed by atoms with E-state index in [0.717, 1.165) is 42.8 Å². The van der Waals surface area contributed by atoms with Crippen molar-refractivity contribution in [2.24, 2.45) is 0 Å². The number of hydrogen-bond acceptors (Lipinski definition) is 6. The number of halogens is 2. The number of oxazole rings is 1. The van der Waals surface area contributed by atoms with Crippen LogP contribution in [0.25, 0.3) is 28.7 Å². The summed E-state index contributed by atoms with van der Waals surface area (Å²) < 4.78 is 21.7. The highest BCUT2D eigenvalue weighted by atomic mass is 35.5. The van der Waals surface area contributed by atoms with Crippen LogP contribution in [0.15, 0.2) is 51.9 Å². The molecule has 9 heteroatoms. The fraction of sp³-hybridized carbons (Fsp3) is 0.250. The molecule has 0 saturated heterocycles. The first kappa shape index (κ1) is 20.1. The van der Waals surface area contributed by atoms with E-state index < -0.39 is 11.5 Å². The Morgan fingerprint density at radius 3 is 2.79 bits per heavy atom. The molecular formula is C24H19ClFN5O2. The van der Waals surface area contributed by atoms with Crippen molar-refractivity contribution in [3.05, 3.63) is 75.3 Å². The molecule has 7 nitrogen and oxygen atoms in total. The van der Waals surface area contributed by atoms with Crippen molar-refractivity contribution in [1.82, 2.24) is 19.5 Å². The molecule has 0 unspecified atom stereocenters. The molecule has 3 aromatic heterocycles. The molecule has 0 amide bonds. The first-order valence-electron chi connectivity index (χ1n) is 10.7. The minimum Gasteiger partial charge on any atom is -0.432 e. The van der Waals surface area contributed by atoms with Crippen LogP contribution < -0.4 is 10.6 Å². The van der Waals surface area contributed by atoms with E-state index in [-0.39, 0.29) is 22.5 Å². The Hall–Kier alpha value is -3.52. The third-order valence-corrected chi connectivity index (χ3v) is 6.46. The van der Waals surface area contributed by atoms with Crippen LogP contribution in [0, 0.1) is 5.82 Å². The Balaban J connectivity index is 1.52. The summed E-state index contributed by atoms with van der Waals surface area (Å²) in [6.45, 7) is 0.918. The van der Waals surface area contributed by atoms with E-state index in [1.165, 1.54) is 16.7 Å². The highest BCUT2D eigenvalue weighted by Gasteiger charge is 2.27. The molecular weight excluding hydrogens is 445 g/mol. The summed E-state index contributed by atoms with van der Waals surface area (Å²) in [5, 5.41) is -0.00372. The summed E-state index contributed by atoms with van der Waals surface area (Å²) in [6.07, 6.45) is 6.47. The molecule has 1 fully saturated rings. The zero-order chi connectivity index (χ0) is 22.7. The SMILES string of the molecule is CN1CCc2cnc(-c3nc(-n4ccc(C5CC5)nc4=O)c(-c4ccc(Cl)c(F)c4)o3)cc21. The first-order valence-corrected chi connectivity index (χ1v) is 11.1. The topological polar surface area (TPSA) is 77.1 Å². The maximum Gasteiger partial charge on any atom is 0.353 e. The standard InChI is InChI=1S/C24H19ClFN5O2/c1-30-8-6-15-12-27-19(11-20(15)30)23-29-22(21(33-23)14-4-5-16(25)17(26)10-14)31-9-7-18(13-2-3-13)28-24(31)32/h4-5,7,9-13H,2-3,6,8H2,1H3. The van der Waals surface area contributed by atoms with Crippen LogP contribution in [-0.2, 0) is 6.42 Å². The van der Waals surface area contributed by atoms with E-state index in [2.05, 4.69) is 19.9 Å². The van der Waals surface area contributed by atoms with E-state index in [1.807, 2.05) is 25.4 Å². The van der Waals surface area contributed by atoms with Crippen molar-refractivity contribution in [2.75, 3.05) is 18.5 Å². The predicted octanol–water partition coefficient (Wildman–Crippen LogP) is 4.61. The monoisotopic (exact) mass is 463 g/mol. The summed E-state index contributed by atoms with van der Waals surface area (Å²) in [6, 6.07) is 8.07. The van der Waals surface area contributed by atoms with Crippen molar-refractivity contribution >= 4 is 17.3 Å². The lowest BCUT2D eigenvalue weighted by molar-refractivity contribution is 0.583. The molecule has 1 aromatic carbocycles. The zero-order valence-corrected chi connectivity index (χ0v) is 18.5. The predicted molar refractivity (Wildman–Crippen MR) is 122 cm³/mol. The van der Waals surface area contributed by atoms with Crippen LogP contribution in [0.5, 0.6) is 0 Å². The van der Waals surface area contributed by atoms with Gasteiger partial charge in [0.1, 0.15) is 11.5 Å². The quantitative estimate of drug-likeness (QED) is 0.440. The molecule has 166 valence electrons. The van der Waals surface area contributed by atoms with Gasteiger partial charge in [0.25, 0.3) is 0 Å². The van der Waals surface area contributed by atoms with E-state index in [1.54, 1.807) is 12.3 Å². The van der Waals surface area contributed by atoms with Gasteiger partial charge in [-0.1, -0.05) is 11.6 Å². The summed E-state index contributed by atoms with van der Waals surface area (Å²) in [7, 11) is 2.02. The highest BCUT2D eigenvalue weighted by molar-refractivity contribution is 6.30. The van der Waals surface area contributed by atoms with Crippen molar-refractivity contribution in [1.29, 1.82) is 0 Å². The van der Waals surface area contributed by atoms with Crippen LogP contribution in [0.1, 0.15) is 30.0 Å². The number of anilines is 1. The van der Waals surface area contributed by atoms with Gasteiger partial charge in [-0.3, -0.25) is 4.98 Å². The number of nitrogens with zero attached hydrogens (tertiary/aromatic N) is 5. The molecule has 0 bridgehead atoms. The molecule has 2 aliphatic rings. The van der Waals surface area contributed by atoms with Crippen molar-refractivity contribution in [2.45, 2.75) is 25.2 Å². The second-order valence-corrected chi connectivity index (χ2v) is 8.86. The molecule has 6 rings (SSSR count). The number of fused-ring (bicyclic) bond motifs is 1. The molecule has 0 radical (unpaired) electrons. The van der Waals surface area contributed by atoms with Crippen molar-refractivity contribution in [3.8, 4) is 28.7 Å². The Labute approximate surface area is 193 Å². The largest absolute Gasteiger partial charge is 0.432 e. The van der Waals surface area contributed by atoms with Crippen molar-refractivity contribution < 1.29 is 8.81 Å². The number of likely N-dealkylation sites (N-methyl/N-ethyl adjacent to an activating group) is 1. The summed E-state index contributed by atoms with van der Waals surface area (Å²) in [5.41, 5.74) is 3.47.